The molecule has 2 aromatic rings. The topological polar surface area (TPSA) is 87.2 Å². The van der Waals surface area contributed by atoms with E-state index in [1.807, 2.05) is 51.1 Å². The predicted octanol–water partition coefficient (Wildman–Crippen LogP) is 2.44. The molecule has 0 bridgehead atoms. The molecule has 0 spiro atoms. The van der Waals surface area contributed by atoms with Crippen molar-refractivity contribution in [1.82, 2.24) is 20.2 Å². The van der Waals surface area contributed by atoms with Crippen LogP contribution in [0.2, 0.25) is 0 Å². The van der Waals surface area contributed by atoms with E-state index in [1.54, 1.807) is 11.1 Å². The van der Waals surface area contributed by atoms with Gasteiger partial charge < -0.3 is 15.5 Å². The van der Waals surface area contributed by atoms with Gasteiger partial charge in [-0.2, -0.15) is 0 Å². The van der Waals surface area contributed by atoms with Crippen LogP contribution in [0.4, 0.5) is 10.5 Å². The number of rotatable bonds is 3. The largest absolute Gasteiger partial charge is 0.353 e. The van der Waals surface area contributed by atoms with Gasteiger partial charge in [-0.1, -0.05) is 26.0 Å². The van der Waals surface area contributed by atoms with Gasteiger partial charge in [0.15, 0.2) is 0 Å². The fourth-order valence-electron chi connectivity index (χ4n) is 3.14. The molecule has 0 radical (unpaired) electrons. The number of aryl methyl sites for hydroxylation is 1. The van der Waals surface area contributed by atoms with E-state index in [0.717, 1.165) is 11.3 Å². The van der Waals surface area contributed by atoms with E-state index in [0.29, 0.717) is 24.6 Å². The molecule has 0 aliphatic carbocycles. The number of amides is 3. The SMILES string of the molecule is Cc1nccc(-c2cccc(NC(=O)N3CCNC(=O)[C@@H]3C(C)C)c2)n1. The zero-order chi connectivity index (χ0) is 18.7. The van der Waals surface area contributed by atoms with Crippen LogP contribution in [0.5, 0.6) is 0 Å². The Morgan fingerprint density at radius 2 is 2.15 bits per heavy atom. The van der Waals surface area contributed by atoms with Gasteiger partial charge >= 0.3 is 6.03 Å². The summed E-state index contributed by atoms with van der Waals surface area (Å²) in [4.78, 5) is 35.0. The Labute approximate surface area is 152 Å². The molecule has 26 heavy (non-hydrogen) atoms. The molecule has 1 aliphatic heterocycles. The lowest BCUT2D eigenvalue weighted by molar-refractivity contribution is -0.129. The van der Waals surface area contributed by atoms with Gasteiger partial charge in [0.1, 0.15) is 11.9 Å². The summed E-state index contributed by atoms with van der Waals surface area (Å²) in [6.45, 7) is 6.67. The summed E-state index contributed by atoms with van der Waals surface area (Å²) < 4.78 is 0. The van der Waals surface area contributed by atoms with Crippen molar-refractivity contribution in [2.24, 2.45) is 5.92 Å². The molecule has 7 heteroatoms. The summed E-state index contributed by atoms with van der Waals surface area (Å²) in [7, 11) is 0. The summed E-state index contributed by atoms with van der Waals surface area (Å²) in [5.41, 5.74) is 2.35. The fourth-order valence-corrected chi connectivity index (χ4v) is 3.14. The van der Waals surface area contributed by atoms with Crippen molar-refractivity contribution in [3.05, 3.63) is 42.4 Å². The van der Waals surface area contributed by atoms with Crippen LogP contribution in [-0.2, 0) is 4.79 Å². The highest BCUT2D eigenvalue weighted by molar-refractivity contribution is 5.95. The predicted molar refractivity (Wildman–Crippen MR) is 99.6 cm³/mol. The first-order valence-electron chi connectivity index (χ1n) is 8.71. The number of piperazine rings is 1. The quantitative estimate of drug-likeness (QED) is 0.887. The maximum Gasteiger partial charge on any atom is 0.322 e. The number of hydrogen-bond acceptors (Lipinski definition) is 4. The second-order valence-corrected chi connectivity index (χ2v) is 6.67. The second kappa shape index (κ2) is 7.51. The van der Waals surface area contributed by atoms with Gasteiger partial charge in [0, 0.05) is 30.5 Å². The minimum absolute atomic E-state index is 0.0383. The second-order valence-electron chi connectivity index (χ2n) is 6.67. The number of benzene rings is 1. The maximum absolute atomic E-state index is 12.7. The Balaban J connectivity index is 1.79. The van der Waals surface area contributed by atoms with Gasteiger partial charge in [0.05, 0.1) is 5.69 Å². The first-order chi connectivity index (χ1) is 12.5. The van der Waals surface area contributed by atoms with Crippen LogP contribution in [0.3, 0.4) is 0 Å². The molecule has 2 heterocycles. The third kappa shape index (κ3) is 3.82. The molecule has 1 atom stereocenters. The normalized spacial score (nSPS) is 17.2. The van der Waals surface area contributed by atoms with Crippen molar-refractivity contribution in [1.29, 1.82) is 0 Å². The van der Waals surface area contributed by atoms with E-state index in [-0.39, 0.29) is 17.9 Å². The summed E-state index contributed by atoms with van der Waals surface area (Å²) in [5, 5.41) is 5.73. The van der Waals surface area contributed by atoms with Crippen molar-refractivity contribution in [3.8, 4) is 11.3 Å². The van der Waals surface area contributed by atoms with Gasteiger partial charge in [-0.15, -0.1) is 0 Å². The lowest BCUT2D eigenvalue weighted by atomic mass is 10.00. The third-order valence-electron chi connectivity index (χ3n) is 4.33. The average molecular weight is 353 g/mol. The molecule has 2 N–H and O–H groups in total. The van der Waals surface area contributed by atoms with E-state index < -0.39 is 6.04 Å². The number of aromatic nitrogens is 2. The highest BCUT2D eigenvalue weighted by atomic mass is 16.2. The molecule has 1 aromatic heterocycles. The standard InChI is InChI=1S/C19H23N5O2/c1-12(2)17-18(25)21-9-10-24(17)19(26)23-15-6-4-5-14(11-15)16-7-8-20-13(3)22-16/h4-8,11-12,17H,9-10H2,1-3H3,(H,21,25)(H,23,26)/t17-/m0/s1. The van der Waals surface area contributed by atoms with E-state index >= 15 is 0 Å². The molecule has 1 aliphatic rings. The lowest BCUT2D eigenvalue weighted by Crippen LogP contribution is -2.60. The van der Waals surface area contributed by atoms with Crippen molar-refractivity contribution in [2.45, 2.75) is 26.8 Å². The molecule has 0 unspecified atom stereocenters. The third-order valence-corrected chi connectivity index (χ3v) is 4.33. The molecule has 1 aromatic carbocycles. The molecule has 1 saturated heterocycles. The van der Waals surface area contributed by atoms with Gasteiger partial charge in [0.2, 0.25) is 5.91 Å². The molecule has 3 rings (SSSR count). The molecular formula is C19H23N5O2. The average Bonchev–Trinajstić information content (AvgIpc) is 2.61. The number of urea groups is 1. The van der Waals surface area contributed by atoms with Crippen LogP contribution in [0.15, 0.2) is 36.5 Å². The number of nitrogens with one attached hydrogen (secondary N) is 2. The van der Waals surface area contributed by atoms with Crippen LogP contribution in [0, 0.1) is 12.8 Å². The van der Waals surface area contributed by atoms with Crippen LogP contribution in [-0.4, -0.2) is 45.9 Å². The Morgan fingerprint density at radius 3 is 2.88 bits per heavy atom. The van der Waals surface area contributed by atoms with E-state index in [2.05, 4.69) is 20.6 Å². The van der Waals surface area contributed by atoms with E-state index in [4.69, 9.17) is 0 Å². The number of hydrogen-bond donors (Lipinski definition) is 2. The zero-order valence-corrected chi connectivity index (χ0v) is 15.2. The molecule has 136 valence electrons. The number of nitrogens with zero attached hydrogens (tertiary/aromatic N) is 3. The Morgan fingerprint density at radius 1 is 1.35 bits per heavy atom. The lowest BCUT2D eigenvalue weighted by Gasteiger charge is -2.37. The van der Waals surface area contributed by atoms with Crippen LogP contribution >= 0.6 is 0 Å². The number of anilines is 1. The molecule has 1 fully saturated rings. The monoisotopic (exact) mass is 353 g/mol. The van der Waals surface area contributed by atoms with E-state index in [1.165, 1.54) is 0 Å². The number of carbonyl (C=O) groups is 2. The van der Waals surface area contributed by atoms with Gasteiger partial charge in [-0.25, -0.2) is 14.8 Å². The van der Waals surface area contributed by atoms with Crippen LogP contribution < -0.4 is 10.6 Å². The summed E-state index contributed by atoms with van der Waals surface area (Å²) in [6.07, 6.45) is 1.71. The minimum Gasteiger partial charge on any atom is -0.353 e. The molecule has 3 amide bonds. The van der Waals surface area contributed by atoms with Gasteiger partial charge in [0.25, 0.3) is 0 Å². The summed E-state index contributed by atoms with van der Waals surface area (Å²) in [6, 6.07) is 8.59. The first-order valence-corrected chi connectivity index (χ1v) is 8.71. The van der Waals surface area contributed by atoms with Crippen molar-refractivity contribution in [3.63, 3.8) is 0 Å². The van der Waals surface area contributed by atoms with Crippen LogP contribution in [0.1, 0.15) is 19.7 Å². The zero-order valence-electron chi connectivity index (χ0n) is 15.2. The van der Waals surface area contributed by atoms with E-state index in [9.17, 15) is 9.59 Å². The highest BCUT2D eigenvalue weighted by Crippen LogP contribution is 2.22. The molecular weight excluding hydrogens is 330 g/mol. The fraction of sp³-hybridized carbons (Fsp3) is 0.368. The highest BCUT2D eigenvalue weighted by Gasteiger charge is 2.35. The Hall–Kier alpha value is -2.96. The maximum atomic E-state index is 12.7. The van der Waals surface area contributed by atoms with Crippen LogP contribution in [0.25, 0.3) is 11.3 Å². The van der Waals surface area contributed by atoms with Gasteiger partial charge in [-0.05, 0) is 31.0 Å². The van der Waals surface area contributed by atoms with Crippen molar-refractivity contribution >= 4 is 17.6 Å². The Bertz CT molecular complexity index is 821. The summed E-state index contributed by atoms with van der Waals surface area (Å²) in [5.74, 6) is 0.624. The minimum atomic E-state index is -0.462. The molecule has 7 nitrogen and oxygen atoms in total. The van der Waals surface area contributed by atoms with Gasteiger partial charge in [-0.3, -0.25) is 4.79 Å². The number of carbonyl (C=O) groups excluding carboxylic acids is 2. The van der Waals surface area contributed by atoms with Crippen molar-refractivity contribution in [2.75, 3.05) is 18.4 Å². The Kier molecular flexibility index (Phi) is 5.16. The molecule has 0 saturated carbocycles. The first kappa shape index (κ1) is 17.8. The van der Waals surface area contributed by atoms with Crippen molar-refractivity contribution < 1.29 is 9.59 Å². The smallest absolute Gasteiger partial charge is 0.322 e. The summed E-state index contributed by atoms with van der Waals surface area (Å²) >= 11 is 0.